The summed E-state index contributed by atoms with van der Waals surface area (Å²) in [5.74, 6) is 5.55. The fourth-order valence-electron chi connectivity index (χ4n) is 2.52. The van der Waals surface area contributed by atoms with Crippen molar-refractivity contribution in [3.05, 3.63) is 34.9 Å². The lowest BCUT2D eigenvalue weighted by Crippen LogP contribution is -2.44. The molecular weight excluding hydrogens is 266 g/mol. The Kier molecular flexibility index (Phi) is 5.00. The van der Waals surface area contributed by atoms with Crippen LogP contribution < -0.4 is 0 Å². The van der Waals surface area contributed by atoms with Gasteiger partial charge in [-0.15, -0.1) is 0 Å². The van der Waals surface area contributed by atoms with E-state index in [0.29, 0.717) is 25.1 Å². The predicted molar refractivity (Wildman–Crippen MR) is 80.8 cm³/mol. The van der Waals surface area contributed by atoms with Gasteiger partial charge < -0.3 is 15.1 Å². The van der Waals surface area contributed by atoms with E-state index < -0.39 is 0 Å². The maximum absolute atomic E-state index is 12.5. The third kappa shape index (κ3) is 3.63. The van der Waals surface area contributed by atoms with Gasteiger partial charge in [-0.3, -0.25) is 4.79 Å². The quantitative estimate of drug-likeness (QED) is 0.763. The Balaban J connectivity index is 2.20. The van der Waals surface area contributed by atoms with Crippen molar-refractivity contribution in [3.63, 3.8) is 0 Å². The summed E-state index contributed by atoms with van der Waals surface area (Å²) in [5, 5.41) is 18.5. The molecule has 0 saturated carbocycles. The number of carbonyl (C=O) groups is 1. The molecule has 21 heavy (non-hydrogen) atoms. The number of piperidine rings is 1. The summed E-state index contributed by atoms with van der Waals surface area (Å²) in [7, 11) is 0. The SMILES string of the molecule is Cc1ccc(C(=O)N2CCC(O)C(C)C2)cc1C#CCO. The first-order valence-corrected chi connectivity index (χ1v) is 7.20. The number of nitrogens with zero attached hydrogens (tertiary/aromatic N) is 1. The minimum atomic E-state index is -0.321. The van der Waals surface area contributed by atoms with Crippen LogP contribution in [0.25, 0.3) is 0 Å². The molecule has 4 nitrogen and oxygen atoms in total. The van der Waals surface area contributed by atoms with Crippen LogP contribution >= 0.6 is 0 Å². The van der Waals surface area contributed by atoms with E-state index in [4.69, 9.17) is 5.11 Å². The van der Waals surface area contributed by atoms with E-state index in [9.17, 15) is 9.90 Å². The van der Waals surface area contributed by atoms with Gasteiger partial charge in [0.05, 0.1) is 6.10 Å². The summed E-state index contributed by atoms with van der Waals surface area (Å²) in [4.78, 5) is 14.3. The van der Waals surface area contributed by atoms with Gasteiger partial charge in [-0.25, -0.2) is 0 Å². The monoisotopic (exact) mass is 287 g/mol. The molecule has 1 aliphatic heterocycles. The fraction of sp³-hybridized carbons (Fsp3) is 0.471. The van der Waals surface area contributed by atoms with Crippen LogP contribution in [0.3, 0.4) is 0 Å². The van der Waals surface area contributed by atoms with Crippen LogP contribution in [-0.4, -0.2) is 46.8 Å². The van der Waals surface area contributed by atoms with Gasteiger partial charge in [0.1, 0.15) is 6.61 Å². The molecule has 1 aromatic rings. The second-order valence-corrected chi connectivity index (χ2v) is 5.57. The van der Waals surface area contributed by atoms with E-state index in [2.05, 4.69) is 11.8 Å². The largest absolute Gasteiger partial charge is 0.393 e. The van der Waals surface area contributed by atoms with Gasteiger partial charge in [0, 0.05) is 24.2 Å². The van der Waals surface area contributed by atoms with Gasteiger partial charge in [-0.05, 0) is 37.0 Å². The molecule has 0 aromatic heterocycles. The van der Waals surface area contributed by atoms with E-state index in [1.807, 2.05) is 19.9 Å². The van der Waals surface area contributed by atoms with Crippen molar-refractivity contribution in [1.29, 1.82) is 0 Å². The highest BCUT2D eigenvalue weighted by Crippen LogP contribution is 2.19. The topological polar surface area (TPSA) is 60.8 Å². The first kappa shape index (κ1) is 15.6. The zero-order valence-electron chi connectivity index (χ0n) is 12.5. The second-order valence-electron chi connectivity index (χ2n) is 5.57. The molecule has 0 radical (unpaired) electrons. The third-order valence-corrected chi connectivity index (χ3v) is 3.93. The highest BCUT2D eigenvalue weighted by atomic mass is 16.3. The van der Waals surface area contributed by atoms with Crippen LogP contribution in [0.4, 0.5) is 0 Å². The first-order chi connectivity index (χ1) is 10.0. The average molecular weight is 287 g/mol. The minimum absolute atomic E-state index is 0.0270. The fourth-order valence-corrected chi connectivity index (χ4v) is 2.52. The van der Waals surface area contributed by atoms with Crippen LogP contribution in [0.15, 0.2) is 18.2 Å². The highest BCUT2D eigenvalue weighted by molar-refractivity contribution is 5.94. The molecule has 2 rings (SSSR count). The lowest BCUT2D eigenvalue weighted by Gasteiger charge is -2.34. The Hall–Kier alpha value is -1.83. The van der Waals surface area contributed by atoms with E-state index in [1.54, 1.807) is 17.0 Å². The molecule has 2 atom stereocenters. The predicted octanol–water partition coefficient (Wildman–Crippen LogP) is 1.18. The zero-order chi connectivity index (χ0) is 15.4. The molecule has 1 aliphatic rings. The Morgan fingerprint density at radius 2 is 2.24 bits per heavy atom. The second kappa shape index (κ2) is 6.75. The van der Waals surface area contributed by atoms with E-state index in [0.717, 1.165) is 11.1 Å². The number of aliphatic hydroxyl groups is 2. The summed E-state index contributed by atoms with van der Waals surface area (Å²) in [6.07, 6.45) is 0.300. The number of aliphatic hydroxyl groups excluding tert-OH is 2. The molecule has 1 amide bonds. The van der Waals surface area contributed by atoms with Gasteiger partial charge in [0.25, 0.3) is 5.91 Å². The zero-order valence-corrected chi connectivity index (χ0v) is 12.5. The lowest BCUT2D eigenvalue weighted by molar-refractivity contribution is 0.0297. The van der Waals surface area contributed by atoms with Crippen LogP contribution in [0.5, 0.6) is 0 Å². The number of hydrogen-bond donors (Lipinski definition) is 2. The van der Waals surface area contributed by atoms with Crippen molar-refractivity contribution in [3.8, 4) is 11.8 Å². The Labute approximate surface area is 125 Å². The Morgan fingerprint density at radius 1 is 1.48 bits per heavy atom. The number of benzene rings is 1. The Bertz CT molecular complexity index is 585. The molecule has 4 heteroatoms. The molecule has 1 saturated heterocycles. The number of hydrogen-bond acceptors (Lipinski definition) is 3. The van der Waals surface area contributed by atoms with E-state index in [1.165, 1.54) is 0 Å². The van der Waals surface area contributed by atoms with Gasteiger partial charge in [0.2, 0.25) is 0 Å². The first-order valence-electron chi connectivity index (χ1n) is 7.20. The van der Waals surface area contributed by atoms with Crippen molar-refractivity contribution in [1.82, 2.24) is 4.90 Å². The van der Waals surface area contributed by atoms with Gasteiger partial charge >= 0.3 is 0 Å². The maximum atomic E-state index is 12.5. The molecule has 0 aliphatic carbocycles. The standard InChI is InChI=1S/C17H21NO3/c1-12-5-6-15(10-14(12)4-3-9-19)17(21)18-8-7-16(20)13(2)11-18/h5-6,10,13,16,19-20H,7-9,11H2,1-2H3. The molecule has 0 spiro atoms. The summed E-state index contributed by atoms with van der Waals surface area (Å²) in [6, 6.07) is 5.45. The van der Waals surface area contributed by atoms with Crippen LogP contribution in [0, 0.1) is 24.7 Å². The van der Waals surface area contributed by atoms with E-state index in [-0.39, 0.29) is 24.5 Å². The van der Waals surface area contributed by atoms with Gasteiger partial charge in [-0.2, -0.15) is 0 Å². The maximum Gasteiger partial charge on any atom is 0.253 e. The number of amides is 1. The van der Waals surface area contributed by atoms with Gasteiger partial charge in [-0.1, -0.05) is 24.8 Å². The van der Waals surface area contributed by atoms with E-state index >= 15 is 0 Å². The number of carbonyl (C=O) groups excluding carboxylic acids is 1. The smallest absolute Gasteiger partial charge is 0.253 e. The summed E-state index contributed by atoms with van der Waals surface area (Å²) >= 11 is 0. The van der Waals surface area contributed by atoms with Crippen LogP contribution in [0.2, 0.25) is 0 Å². The summed E-state index contributed by atoms with van der Waals surface area (Å²) in [6.45, 7) is 4.84. The lowest BCUT2D eigenvalue weighted by atomic mass is 9.96. The molecule has 0 bridgehead atoms. The van der Waals surface area contributed by atoms with Crippen molar-refractivity contribution in [2.75, 3.05) is 19.7 Å². The summed E-state index contributed by atoms with van der Waals surface area (Å²) in [5.41, 5.74) is 2.35. The molecule has 1 heterocycles. The van der Waals surface area contributed by atoms with Crippen LogP contribution in [-0.2, 0) is 0 Å². The van der Waals surface area contributed by atoms with Crippen molar-refractivity contribution < 1.29 is 15.0 Å². The van der Waals surface area contributed by atoms with Crippen molar-refractivity contribution in [2.24, 2.45) is 5.92 Å². The Morgan fingerprint density at radius 3 is 2.90 bits per heavy atom. The van der Waals surface area contributed by atoms with Crippen molar-refractivity contribution >= 4 is 5.91 Å². The molecule has 1 fully saturated rings. The normalized spacial score (nSPS) is 21.6. The highest BCUT2D eigenvalue weighted by Gasteiger charge is 2.27. The average Bonchev–Trinajstić information content (AvgIpc) is 2.48. The molecule has 112 valence electrons. The number of rotatable bonds is 1. The number of likely N-dealkylation sites (tertiary alicyclic amines) is 1. The number of aryl methyl sites for hydroxylation is 1. The molecule has 1 aromatic carbocycles. The van der Waals surface area contributed by atoms with Crippen molar-refractivity contribution in [2.45, 2.75) is 26.4 Å². The third-order valence-electron chi connectivity index (χ3n) is 3.93. The van der Waals surface area contributed by atoms with Crippen LogP contribution in [0.1, 0.15) is 34.8 Å². The molecule has 2 N–H and O–H groups in total. The molecular formula is C17H21NO3. The summed E-state index contributed by atoms with van der Waals surface area (Å²) < 4.78 is 0. The molecule has 2 unspecified atom stereocenters. The van der Waals surface area contributed by atoms with Gasteiger partial charge in [0.15, 0.2) is 0 Å². The minimum Gasteiger partial charge on any atom is -0.393 e.